The molecule has 0 N–H and O–H groups in total. The Morgan fingerprint density at radius 2 is 1.63 bits per heavy atom. The van der Waals surface area contributed by atoms with Crippen LogP contribution in [0.3, 0.4) is 0 Å². The summed E-state index contributed by atoms with van der Waals surface area (Å²) in [5.41, 5.74) is 0.942. The lowest BCUT2D eigenvalue weighted by Crippen LogP contribution is -2.62. The van der Waals surface area contributed by atoms with Crippen LogP contribution < -0.4 is 4.90 Å². The lowest BCUT2D eigenvalue weighted by atomic mass is 9.84. The summed E-state index contributed by atoms with van der Waals surface area (Å²) < 4.78 is 5.49. The summed E-state index contributed by atoms with van der Waals surface area (Å²) in [5.74, 6) is -0.528. The first-order valence-electron chi connectivity index (χ1n) is 10.6. The third-order valence-corrected chi connectivity index (χ3v) is 5.56. The van der Waals surface area contributed by atoms with Gasteiger partial charge in [-0.05, 0) is 50.5 Å². The van der Waals surface area contributed by atoms with Crippen LogP contribution in [0, 0.1) is 0 Å². The lowest BCUT2D eigenvalue weighted by molar-refractivity contribution is -0.153. The van der Waals surface area contributed by atoms with Gasteiger partial charge in [0.2, 0.25) is 0 Å². The highest BCUT2D eigenvalue weighted by atomic mass is 16.5. The van der Waals surface area contributed by atoms with E-state index in [4.69, 9.17) is 4.74 Å². The van der Waals surface area contributed by atoms with Gasteiger partial charge in [0.1, 0.15) is 5.54 Å². The first-order valence-corrected chi connectivity index (χ1v) is 10.6. The third-order valence-electron chi connectivity index (χ3n) is 5.56. The number of piperidine rings is 1. The molecule has 0 atom stereocenters. The Labute approximate surface area is 178 Å². The van der Waals surface area contributed by atoms with Gasteiger partial charge in [-0.1, -0.05) is 54.6 Å². The van der Waals surface area contributed by atoms with Gasteiger partial charge in [-0.3, -0.25) is 14.6 Å². The molecule has 5 nitrogen and oxygen atoms in total. The number of hydrogen-bond acceptors (Lipinski definition) is 4. The monoisotopic (exact) mass is 406 g/mol. The van der Waals surface area contributed by atoms with Crippen molar-refractivity contribution in [3.8, 4) is 0 Å². The second-order valence-corrected chi connectivity index (χ2v) is 7.52. The second-order valence-electron chi connectivity index (χ2n) is 7.52. The molecule has 1 aliphatic heterocycles. The van der Waals surface area contributed by atoms with Crippen LogP contribution in [-0.4, -0.2) is 42.0 Å². The molecule has 30 heavy (non-hydrogen) atoms. The van der Waals surface area contributed by atoms with Gasteiger partial charge >= 0.3 is 5.97 Å². The number of carbonyl (C=O) groups excluding carboxylic acids is 2. The Balaban J connectivity index is 1.91. The molecule has 1 heterocycles. The smallest absolute Gasteiger partial charge is 0.332 e. The molecule has 5 heteroatoms. The van der Waals surface area contributed by atoms with E-state index in [0.29, 0.717) is 31.6 Å². The Morgan fingerprint density at radius 3 is 2.20 bits per heavy atom. The summed E-state index contributed by atoms with van der Waals surface area (Å²) >= 11 is 0. The number of likely N-dealkylation sites (tertiary alicyclic amines) is 1. The Bertz CT molecular complexity index is 856. The molecule has 2 aromatic carbocycles. The predicted octanol–water partition coefficient (Wildman–Crippen LogP) is 4.19. The SMILES string of the molecule is C/C=C/C(=O)N(c1ccccc1)C1(C(=O)OCC)CCN(Cc2ccccc2)CC1. The number of ether oxygens (including phenoxy) is 1. The quantitative estimate of drug-likeness (QED) is 0.511. The van der Waals surface area contributed by atoms with Crippen molar-refractivity contribution in [2.45, 2.75) is 38.8 Å². The number of esters is 1. The summed E-state index contributed by atoms with van der Waals surface area (Å²) in [6, 6.07) is 19.7. The molecular formula is C25H30N2O3. The Morgan fingerprint density at radius 1 is 1.03 bits per heavy atom. The fourth-order valence-corrected chi connectivity index (χ4v) is 4.09. The van der Waals surface area contributed by atoms with Crippen molar-refractivity contribution in [2.75, 3.05) is 24.6 Å². The van der Waals surface area contributed by atoms with Crippen LogP contribution in [0.15, 0.2) is 72.8 Å². The molecule has 0 spiro atoms. The van der Waals surface area contributed by atoms with Crippen molar-refractivity contribution in [2.24, 2.45) is 0 Å². The van der Waals surface area contributed by atoms with Gasteiger partial charge in [-0.2, -0.15) is 0 Å². The molecule has 158 valence electrons. The zero-order chi connectivity index (χ0) is 21.4. The van der Waals surface area contributed by atoms with Crippen molar-refractivity contribution in [1.29, 1.82) is 0 Å². The van der Waals surface area contributed by atoms with Gasteiger partial charge in [0.25, 0.3) is 5.91 Å². The summed E-state index contributed by atoms with van der Waals surface area (Å²) in [7, 11) is 0. The minimum atomic E-state index is -1.01. The number of hydrogen-bond donors (Lipinski definition) is 0. The molecule has 1 fully saturated rings. The van der Waals surface area contributed by atoms with Crippen molar-refractivity contribution >= 4 is 17.6 Å². The summed E-state index contributed by atoms with van der Waals surface area (Å²) in [6.45, 7) is 6.14. The normalized spacial score (nSPS) is 16.3. The van der Waals surface area contributed by atoms with Crippen LogP contribution in [0.5, 0.6) is 0 Å². The number of carbonyl (C=O) groups is 2. The van der Waals surface area contributed by atoms with E-state index in [0.717, 1.165) is 6.54 Å². The van der Waals surface area contributed by atoms with Crippen LogP contribution in [-0.2, 0) is 20.9 Å². The predicted molar refractivity (Wildman–Crippen MR) is 119 cm³/mol. The van der Waals surface area contributed by atoms with Crippen LogP contribution in [0.2, 0.25) is 0 Å². The van der Waals surface area contributed by atoms with E-state index in [-0.39, 0.29) is 18.5 Å². The van der Waals surface area contributed by atoms with E-state index in [1.165, 1.54) is 11.6 Å². The van der Waals surface area contributed by atoms with Crippen molar-refractivity contribution in [3.63, 3.8) is 0 Å². The van der Waals surface area contributed by atoms with Crippen molar-refractivity contribution in [1.82, 2.24) is 4.90 Å². The molecule has 0 aliphatic carbocycles. The van der Waals surface area contributed by atoms with Crippen molar-refractivity contribution in [3.05, 3.63) is 78.4 Å². The molecule has 0 radical (unpaired) electrons. The number of rotatable bonds is 7. The fourth-order valence-electron chi connectivity index (χ4n) is 4.09. The zero-order valence-electron chi connectivity index (χ0n) is 17.8. The van der Waals surface area contributed by atoms with Gasteiger partial charge in [-0.15, -0.1) is 0 Å². The molecule has 0 unspecified atom stereocenters. The van der Waals surface area contributed by atoms with E-state index < -0.39 is 5.54 Å². The largest absolute Gasteiger partial charge is 0.464 e. The maximum atomic E-state index is 13.2. The fraction of sp³-hybridized carbons (Fsp3) is 0.360. The minimum Gasteiger partial charge on any atom is -0.464 e. The lowest BCUT2D eigenvalue weighted by Gasteiger charge is -2.46. The van der Waals surface area contributed by atoms with Gasteiger partial charge in [0.15, 0.2) is 0 Å². The van der Waals surface area contributed by atoms with E-state index in [9.17, 15) is 9.59 Å². The highest BCUT2D eigenvalue weighted by Crippen LogP contribution is 2.35. The number of allylic oxidation sites excluding steroid dienone is 1. The number of anilines is 1. The molecule has 3 rings (SSSR count). The standard InChI is InChI=1S/C25H30N2O3/c1-3-11-23(28)27(22-14-9-6-10-15-22)25(24(29)30-4-2)16-18-26(19-17-25)20-21-12-7-5-8-13-21/h3,5-15H,4,16-20H2,1-2H3/b11-3+. The molecule has 0 bridgehead atoms. The molecule has 1 amide bonds. The maximum Gasteiger partial charge on any atom is 0.332 e. The van der Waals surface area contributed by atoms with Crippen LogP contribution in [0.25, 0.3) is 0 Å². The molecule has 0 saturated carbocycles. The summed E-state index contributed by atoms with van der Waals surface area (Å²) in [4.78, 5) is 30.4. The third kappa shape index (κ3) is 4.79. The average molecular weight is 407 g/mol. The Kier molecular flexibility index (Phi) is 7.41. The first-order chi connectivity index (χ1) is 14.6. The number of nitrogens with zero attached hydrogens (tertiary/aromatic N) is 2. The molecular weight excluding hydrogens is 376 g/mol. The van der Waals surface area contributed by atoms with Gasteiger partial charge < -0.3 is 4.74 Å². The molecule has 1 aliphatic rings. The second kappa shape index (κ2) is 10.2. The van der Waals surface area contributed by atoms with Gasteiger partial charge in [0.05, 0.1) is 6.61 Å². The van der Waals surface area contributed by atoms with Crippen LogP contribution in [0.1, 0.15) is 32.3 Å². The summed E-state index contributed by atoms with van der Waals surface area (Å²) in [5, 5.41) is 0. The van der Waals surface area contributed by atoms with E-state index >= 15 is 0 Å². The Hall–Kier alpha value is -2.92. The van der Waals surface area contributed by atoms with E-state index in [1.807, 2.05) is 48.5 Å². The zero-order valence-corrected chi connectivity index (χ0v) is 17.8. The highest BCUT2D eigenvalue weighted by Gasteiger charge is 2.49. The van der Waals surface area contributed by atoms with Crippen LogP contribution >= 0.6 is 0 Å². The number of amides is 1. The van der Waals surface area contributed by atoms with Gasteiger partial charge in [-0.25, -0.2) is 4.79 Å². The highest BCUT2D eigenvalue weighted by molar-refractivity contribution is 6.07. The number of para-hydroxylation sites is 1. The minimum absolute atomic E-state index is 0.201. The first kappa shape index (κ1) is 21.8. The average Bonchev–Trinajstić information content (AvgIpc) is 2.77. The van der Waals surface area contributed by atoms with Crippen LogP contribution in [0.4, 0.5) is 5.69 Å². The van der Waals surface area contributed by atoms with E-state index in [1.54, 1.807) is 24.8 Å². The van der Waals surface area contributed by atoms with Crippen molar-refractivity contribution < 1.29 is 14.3 Å². The molecule has 0 aromatic heterocycles. The molecule has 2 aromatic rings. The van der Waals surface area contributed by atoms with E-state index in [2.05, 4.69) is 17.0 Å². The number of benzene rings is 2. The summed E-state index contributed by atoms with van der Waals surface area (Å²) in [6.07, 6.45) is 4.28. The maximum absolute atomic E-state index is 13.2. The topological polar surface area (TPSA) is 49.9 Å². The van der Waals surface area contributed by atoms with Gasteiger partial charge in [0, 0.05) is 25.3 Å². The molecule has 1 saturated heterocycles.